The summed E-state index contributed by atoms with van der Waals surface area (Å²) in [4.78, 5) is 2.67. The lowest BCUT2D eigenvalue weighted by Gasteiger charge is -2.31. The highest BCUT2D eigenvalue weighted by molar-refractivity contribution is 7.89. The van der Waals surface area contributed by atoms with E-state index in [9.17, 15) is 8.42 Å². The van der Waals surface area contributed by atoms with E-state index in [1.807, 2.05) is 13.8 Å². The number of ether oxygens (including phenoxy) is 2. The Hall–Kier alpha value is -1.15. The van der Waals surface area contributed by atoms with Gasteiger partial charge in [0.1, 0.15) is 5.75 Å². The number of hydrogen-bond acceptors (Lipinski definition) is 5. The van der Waals surface area contributed by atoms with Crippen LogP contribution in [-0.4, -0.2) is 59.8 Å². The Balaban J connectivity index is 1.86. The fraction of sp³-hybridized carbons (Fsp3) is 0.684. The van der Waals surface area contributed by atoms with E-state index in [1.54, 1.807) is 25.3 Å². The Morgan fingerprint density at radius 3 is 2.58 bits per heavy atom. The van der Waals surface area contributed by atoms with Gasteiger partial charge in [-0.05, 0) is 69.0 Å². The second kappa shape index (κ2) is 10.3. The van der Waals surface area contributed by atoms with Crippen molar-refractivity contribution in [2.45, 2.75) is 38.0 Å². The summed E-state index contributed by atoms with van der Waals surface area (Å²) in [5.74, 6) is 1.13. The van der Waals surface area contributed by atoms with Crippen molar-refractivity contribution >= 4 is 10.0 Å². The lowest BCUT2D eigenvalue weighted by molar-refractivity contribution is 0.121. The summed E-state index contributed by atoms with van der Waals surface area (Å²) in [6.07, 6.45) is 2.94. The lowest BCUT2D eigenvalue weighted by atomic mass is 9.97. The molecule has 2 rings (SSSR count). The zero-order chi connectivity index (χ0) is 19.0. The third-order valence-corrected chi connectivity index (χ3v) is 6.22. The van der Waals surface area contributed by atoms with Gasteiger partial charge in [0.15, 0.2) is 0 Å². The van der Waals surface area contributed by atoms with Crippen molar-refractivity contribution in [1.29, 1.82) is 0 Å². The Kier molecular flexibility index (Phi) is 8.34. The molecular weight excluding hydrogens is 352 g/mol. The fourth-order valence-electron chi connectivity index (χ4n) is 3.11. The Bertz CT molecular complexity index is 656. The van der Waals surface area contributed by atoms with Crippen LogP contribution in [-0.2, 0) is 14.8 Å². The van der Waals surface area contributed by atoms with Crippen LogP contribution >= 0.6 is 0 Å². The molecule has 0 saturated carbocycles. The van der Waals surface area contributed by atoms with Crippen molar-refractivity contribution in [1.82, 2.24) is 9.62 Å². The van der Waals surface area contributed by atoms with E-state index >= 15 is 0 Å². The molecule has 0 radical (unpaired) electrons. The monoisotopic (exact) mass is 384 g/mol. The van der Waals surface area contributed by atoms with Crippen LogP contribution in [0.5, 0.6) is 5.75 Å². The summed E-state index contributed by atoms with van der Waals surface area (Å²) in [5.41, 5.74) is 0.841. The summed E-state index contributed by atoms with van der Waals surface area (Å²) in [6, 6.07) is 5.04. The molecule has 1 N–H and O–H groups in total. The van der Waals surface area contributed by atoms with Gasteiger partial charge < -0.3 is 14.4 Å². The van der Waals surface area contributed by atoms with E-state index in [1.165, 1.54) is 0 Å². The fourth-order valence-corrected chi connectivity index (χ4v) is 4.31. The van der Waals surface area contributed by atoms with Crippen LogP contribution in [0.4, 0.5) is 0 Å². The van der Waals surface area contributed by atoms with Crippen LogP contribution < -0.4 is 9.46 Å². The molecule has 148 valence electrons. The van der Waals surface area contributed by atoms with E-state index in [0.717, 1.165) is 56.8 Å². The number of likely N-dealkylation sites (tertiary alicyclic amines) is 1. The summed E-state index contributed by atoms with van der Waals surface area (Å²) < 4.78 is 38.7. The number of aryl methyl sites for hydroxylation is 1. The number of piperidine rings is 1. The molecule has 0 unspecified atom stereocenters. The van der Waals surface area contributed by atoms with Crippen LogP contribution in [0.1, 0.15) is 31.7 Å². The van der Waals surface area contributed by atoms with E-state index in [2.05, 4.69) is 9.62 Å². The van der Waals surface area contributed by atoms with Crippen molar-refractivity contribution in [3.05, 3.63) is 23.8 Å². The first-order chi connectivity index (χ1) is 12.5. The minimum Gasteiger partial charge on any atom is -0.493 e. The van der Waals surface area contributed by atoms with E-state index < -0.39 is 10.0 Å². The molecule has 1 aromatic carbocycles. The predicted octanol–water partition coefficient (Wildman–Crippen LogP) is 2.42. The quantitative estimate of drug-likeness (QED) is 0.671. The van der Waals surface area contributed by atoms with E-state index in [0.29, 0.717) is 24.0 Å². The molecule has 1 aliphatic heterocycles. The molecule has 1 aliphatic rings. The average Bonchev–Trinajstić information content (AvgIpc) is 2.64. The highest BCUT2D eigenvalue weighted by Crippen LogP contribution is 2.23. The van der Waals surface area contributed by atoms with Crippen LogP contribution in [0.15, 0.2) is 23.1 Å². The van der Waals surface area contributed by atoms with Gasteiger partial charge in [0, 0.05) is 20.2 Å². The first-order valence-corrected chi connectivity index (χ1v) is 10.9. The maximum Gasteiger partial charge on any atom is 0.240 e. The Labute approximate surface area is 157 Å². The SMILES string of the molecule is CCCOc1ccc(S(=O)(=O)NCC2CCN(CCOC)CC2)cc1C. The first kappa shape index (κ1) is 21.2. The van der Waals surface area contributed by atoms with Crippen molar-refractivity contribution < 1.29 is 17.9 Å². The van der Waals surface area contributed by atoms with Gasteiger partial charge >= 0.3 is 0 Å². The average molecular weight is 385 g/mol. The molecule has 0 amide bonds. The minimum atomic E-state index is -3.49. The molecule has 26 heavy (non-hydrogen) atoms. The molecule has 0 aliphatic carbocycles. The number of rotatable bonds is 10. The Morgan fingerprint density at radius 1 is 1.23 bits per heavy atom. The number of nitrogens with one attached hydrogen (secondary N) is 1. The van der Waals surface area contributed by atoms with Gasteiger partial charge in [0.25, 0.3) is 0 Å². The molecular formula is C19H32N2O4S. The number of hydrogen-bond donors (Lipinski definition) is 1. The predicted molar refractivity (Wildman–Crippen MR) is 103 cm³/mol. The zero-order valence-electron chi connectivity index (χ0n) is 16.2. The third-order valence-electron chi connectivity index (χ3n) is 4.80. The van der Waals surface area contributed by atoms with Gasteiger partial charge in [-0.3, -0.25) is 0 Å². The van der Waals surface area contributed by atoms with Crippen LogP contribution in [0, 0.1) is 12.8 Å². The molecule has 6 nitrogen and oxygen atoms in total. The van der Waals surface area contributed by atoms with Crippen LogP contribution in [0.3, 0.4) is 0 Å². The van der Waals surface area contributed by atoms with E-state index in [4.69, 9.17) is 9.47 Å². The molecule has 1 aromatic rings. The van der Waals surface area contributed by atoms with Crippen molar-refractivity contribution in [3.8, 4) is 5.75 Å². The van der Waals surface area contributed by atoms with Gasteiger partial charge in [-0.15, -0.1) is 0 Å². The molecule has 0 bridgehead atoms. The molecule has 7 heteroatoms. The number of benzene rings is 1. The highest BCUT2D eigenvalue weighted by Gasteiger charge is 2.22. The lowest BCUT2D eigenvalue weighted by Crippen LogP contribution is -2.39. The van der Waals surface area contributed by atoms with Crippen LogP contribution in [0.25, 0.3) is 0 Å². The molecule has 0 atom stereocenters. The number of methoxy groups -OCH3 is 1. The van der Waals surface area contributed by atoms with Gasteiger partial charge in [-0.2, -0.15) is 0 Å². The van der Waals surface area contributed by atoms with Crippen molar-refractivity contribution in [2.24, 2.45) is 5.92 Å². The molecule has 0 aromatic heterocycles. The standard InChI is InChI=1S/C19H32N2O4S/c1-4-12-25-19-6-5-18(14-16(19)2)26(22,23)20-15-17-7-9-21(10-8-17)11-13-24-3/h5-6,14,17,20H,4,7-13,15H2,1-3H3. The number of nitrogens with zero attached hydrogens (tertiary/aromatic N) is 1. The molecule has 0 spiro atoms. The van der Waals surface area contributed by atoms with E-state index in [-0.39, 0.29) is 0 Å². The second-order valence-corrected chi connectivity index (χ2v) is 8.67. The Morgan fingerprint density at radius 2 is 1.96 bits per heavy atom. The van der Waals surface area contributed by atoms with Crippen molar-refractivity contribution in [2.75, 3.05) is 46.5 Å². The second-order valence-electron chi connectivity index (χ2n) is 6.91. The largest absolute Gasteiger partial charge is 0.493 e. The maximum absolute atomic E-state index is 12.6. The minimum absolute atomic E-state index is 0.302. The summed E-state index contributed by atoms with van der Waals surface area (Å²) in [5, 5.41) is 0. The summed E-state index contributed by atoms with van der Waals surface area (Å²) in [6.45, 7) is 8.73. The van der Waals surface area contributed by atoms with Crippen molar-refractivity contribution in [3.63, 3.8) is 0 Å². The highest BCUT2D eigenvalue weighted by atomic mass is 32.2. The van der Waals surface area contributed by atoms with Gasteiger partial charge in [-0.1, -0.05) is 6.92 Å². The molecule has 1 saturated heterocycles. The summed E-state index contributed by atoms with van der Waals surface area (Å²) >= 11 is 0. The van der Waals surface area contributed by atoms with Crippen LogP contribution in [0.2, 0.25) is 0 Å². The number of sulfonamides is 1. The third kappa shape index (κ3) is 6.23. The smallest absolute Gasteiger partial charge is 0.240 e. The maximum atomic E-state index is 12.6. The molecule has 1 fully saturated rings. The summed E-state index contributed by atoms with van der Waals surface area (Å²) in [7, 11) is -1.77. The molecule has 1 heterocycles. The van der Waals surface area contributed by atoms with Gasteiger partial charge in [0.2, 0.25) is 10.0 Å². The topological polar surface area (TPSA) is 67.9 Å². The normalized spacial score (nSPS) is 16.7. The first-order valence-electron chi connectivity index (χ1n) is 9.40. The van der Waals surface area contributed by atoms with Gasteiger partial charge in [0.05, 0.1) is 18.1 Å². The zero-order valence-corrected chi connectivity index (χ0v) is 17.0. The van der Waals surface area contributed by atoms with Gasteiger partial charge in [-0.25, -0.2) is 13.1 Å².